The second-order valence-corrected chi connectivity index (χ2v) is 8.11. The van der Waals surface area contributed by atoms with Crippen LogP contribution >= 0.6 is 11.6 Å². The molecular formula is C24H21ClF3N5O2. The molecule has 7 nitrogen and oxygen atoms in total. The summed E-state index contributed by atoms with van der Waals surface area (Å²) in [5.74, 6) is 0.493. The monoisotopic (exact) mass is 503 g/mol. The number of nitrogens with zero attached hydrogens (tertiary/aromatic N) is 3. The molecule has 0 fully saturated rings. The Kier molecular flexibility index (Phi) is 6.95. The van der Waals surface area contributed by atoms with Gasteiger partial charge in [0.1, 0.15) is 23.4 Å². The Balaban J connectivity index is 1.67. The Morgan fingerprint density at radius 1 is 1.17 bits per heavy atom. The summed E-state index contributed by atoms with van der Waals surface area (Å²) in [7, 11) is 1.75. The smallest absolute Gasteiger partial charge is 0.421 e. The lowest BCUT2D eigenvalue weighted by atomic mass is 10.1. The van der Waals surface area contributed by atoms with Gasteiger partial charge in [0.25, 0.3) is 5.56 Å². The third kappa shape index (κ3) is 5.23. The molecule has 182 valence electrons. The number of hydrogen-bond donors (Lipinski definition) is 2. The Morgan fingerprint density at radius 2 is 1.97 bits per heavy atom. The lowest BCUT2D eigenvalue weighted by molar-refractivity contribution is -0.138. The van der Waals surface area contributed by atoms with E-state index in [-0.39, 0.29) is 13.2 Å². The maximum absolute atomic E-state index is 13.2. The summed E-state index contributed by atoms with van der Waals surface area (Å²) < 4.78 is 46.5. The van der Waals surface area contributed by atoms with Gasteiger partial charge in [0, 0.05) is 36.1 Å². The SMILES string of the molecule is CNNc1cc(C)nc2c(OCc3c(Cl)ccnc3Cn3cccc(C(F)(F)F)c3=O)cccc12. The summed E-state index contributed by atoms with van der Waals surface area (Å²) in [6, 6.07) is 10.9. The molecule has 0 aliphatic carbocycles. The molecule has 0 saturated heterocycles. The predicted molar refractivity (Wildman–Crippen MR) is 128 cm³/mol. The average Bonchev–Trinajstić information content (AvgIpc) is 2.79. The first-order valence-electron chi connectivity index (χ1n) is 10.5. The number of pyridine rings is 3. The maximum atomic E-state index is 13.2. The summed E-state index contributed by atoms with van der Waals surface area (Å²) >= 11 is 6.39. The van der Waals surface area contributed by atoms with Crippen molar-refractivity contribution in [2.75, 3.05) is 12.5 Å². The quantitative estimate of drug-likeness (QED) is 0.347. The standard InChI is InChI=1S/C24H21ClF3N5O2/c1-14-11-19(32-29-2)15-5-3-7-21(22(15)31-14)35-13-16-18(25)8-9-30-20(16)12-33-10-4-6-17(23(33)34)24(26,27)28/h3-11,29H,12-13H2,1-2H3,(H,31,32). The van der Waals surface area contributed by atoms with Gasteiger partial charge < -0.3 is 14.7 Å². The van der Waals surface area contributed by atoms with Crippen LogP contribution in [0.25, 0.3) is 10.9 Å². The second kappa shape index (κ2) is 9.93. The Hall–Kier alpha value is -3.63. The highest BCUT2D eigenvalue weighted by Crippen LogP contribution is 2.31. The van der Waals surface area contributed by atoms with Gasteiger partial charge in [-0.1, -0.05) is 23.7 Å². The molecule has 0 radical (unpaired) electrons. The van der Waals surface area contributed by atoms with Crippen molar-refractivity contribution in [1.82, 2.24) is 20.0 Å². The van der Waals surface area contributed by atoms with Crippen molar-refractivity contribution in [3.8, 4) is 5.75 Å². The van der Waals surface area contributed by atoms with E-state index in [0.717, 1.165) is 27.4 Å². The average molecular weight is 504 g/mol. The van der Waals surface area contributed by atoms with Crippen LogP contribution in [0.1, 0.15) is 22.5 Å². The minimum atomic E-state index is -4.76. The zero-order chi connectivity index (χ0) is 25.2. The summed E-state index contributed by atoms with van der Waals surface area (Å²) in [6.45, 7) is 1.63. The van der Waals surface area contributed by atoms with Crippen LogP contribution in [0.3, 0.4) is 0 Å². The second-order valence-electron chi connectivity index (χ2n) is 7.70. The summed E-state index contributed by atoms with van der Waals surface area (Å²) in [6.07, 6.45) is -2.05. The van der Waals surface area contributed by atoms with E-state index in [9.17, 15) is 18.0 Å². The minimum Gasteiger partial charge on any atom is -0.486 e. The highest BCUT2D eigenvalue weighted by Gasteiger charge is 2.34. The molecule has 0 aliphatic rings. The normalized spacial score (nSPS) is 11.6. The van der Waals surface area contributed by atoms with Crippen LogP contribution in [-0.2, 0) is 19.3 Å². The molecule has 3 heterocycles. The number of hydrogen-bond acceptors (Lipinski definition) is 6. The molecule has 0 atom stereocenters. The number of fused-ring (bicyclic) bond motifs is 1. The highest BCUT2D eigenvalue weighted by molar-refractivity contribution is 6.31. The van der Waals surface area contributed by atoms with Crippen LogP contribution in [0.2, 0.25) is 5.02 Å². The van der Waals surface area contributed by atoms with Gasteiger partial charge in [0.15, 0.2) is 0 Å². The van der Waals surface area contributed by atoms with Crippen molar-refractivity contribution in [2.24, 2.45) is 0 Å². The first-order valence-corrected chi connectivity index (χ1v) is 10.9. The Labute approximate surface area is 203 Å². The summed E-state index contributed by atoms with van der Waals surface area (Å²) in [4.78, 5) is 21.2. The molecule has 0 aliphatic heterocycles. The molecule has 35 heavy (non-hydrogen) atoms. The third-order valence-electron chi connectivity index (χ3n) is 5.30. The number of alkyl halides is 3. The van der Waals surface area contributed by atoms with E-state index in [1.165, 1.54) is 18.5 Å². The van der Waals surface area contributed by atoms with Crippen LogP contribution < -0.4 is 21.1 Å². The van der Waals surface area contributed by atoms with Crippen LogP contribution in [0.15, 0.2) is 59.7 Å². The first-order chi connectivity index (χ1) is 16.7. The van der Waals surface area contributed by atoms with E-state index >= 15 is 0 Å². The van der Waals surface area contributed by atoms with Crippen molar-refractivity contribution < 1.29 is 17.9 Å². The molecule has 0 unspecified atom stereocenters. The number of nitrogens with one attached hydrogen (secondary N) is 2. The van der Waals surface area contributed by atoms with Crippen molar-refractivity contribution >= 4 is 28.2 Å². The first kappa shape index (κ1) is 24.5. The molecule has 3 aromatic heterocycles. The van der Waals surface area contributed by atoms with Gasteiger partial charge in [0.2, 0.25) is 0 Å². The maximum Gasteiger partial charge on any atom is 0.421 e. The number of ether oxygens (including phenoxy) is 1. The van der Waals surface area contributed by atoms with Gasteiger partial charge in [-0.15, -0.1) is 0 Å². The van der Waals surface area contributed by atoms with Gasteiger partial charge >= 0.3 is 6.18 Å². The fraction of sp³-hybridized carbons (Fsp3) is 0.208. The van der Waals surface area contributed by atoms with E-state index in [1.807, 2.05) is 25.1 Å². The number of rotatable bonds is 7. The van der Waals surface area contributed by atoms with Gasteiger partial charge in [-0.05, 0) is 37.3 Å². The van der Waals surface area contributed by atoms with E-state index < -0.39 is 17.3 Å². The van der Waals surface area contributed by atoms with E-state index in [1.54, 1.807) is 19.2 Å². The van der Waals surface area contributed by atoms with Crippen molar-refractivity contribution in [3.05, 3.63) is 92.7 Å². The number of para-hydroxylation sites is 1. The molecule has 2 N–H and O–H groups in total. The number of anilines is 1. The Morgan fingerprint density at radius 3 is 2.71 bits per heavy atom. The largest absolute Gasteiger partial charge is 0.486 e. The molecule has 0 spiro atoms. The van der Waals surface area contributed by atoms with Gasteiger partial charge in [-0.3, -0.25) is 9.78 Å². The van der Waals surface area contributed by atoms with Gasteiger partial charge in [-0.25, -0.2) is 10.4 Å². The number of aryl methyl sites for hydroxylation is 1. The van der Waals surface area contributed by atoms with E-state index in [0.29, 0.717) is 27.5 Å². The van der Waals surface area contributed by atoms with E-state index in [2.05, 4.69) is 20.8 Å². The van der Waals surface area contributed by atoms with Crippen LogP contribution in [0, 0.1) is 6.92 Å². The third-order valence-corrected chi connectivity index (χ3v) is 5.65. The zero-order valence-electron chi connectivity index (χ0n) is 18.8. The molecule has 11 heteroatoms. The number of halogens is 4. The van der Waals surface area contributed by atoms with Crippen LogP contribution in [-0.4, -0.2) is 21.6 Å². The Bertz CT molecular complexity index is 1440. The lowest BCUT2D eigenvalue weighted by Crippen LogP contribution is -2.28. The molecule has 0 bridgehead atoms. The number of benzene rings is 1. The summed E-state index contributed by atoms with van der Waals surface area (Å²) in [5, 5.41) is 1.15. The number of hydrazine groups is 1. The molecule has 1 aromatic carbocycles. The van der Waals surface area contributed by atoms with E-state index in [4.69, 9.17) is 16.3 Å². The fourth-order valence-electron chi connectivity index (χ4n) is 3.69. The molecular weight excluding hydrogens is 483 g/mol. The van der Waals surface area contributed by atoms with Crippen molar-refractivity contribution in [2.45, 2.75) is 26.3 Å². The van der Waals surface area contributed by atoms with Crippen molar-refractivity contribution in [1.29, 1.82) is 0 Å². The predicted octanol–water partition coefficient (Wildman–Crippen LogP) is 4.95. The molecule has 0 amide bonds. The fourth-order valence-corrected chi connectivity index (χ4v) is 3.91. The van der Waals surface area contributed by atoms with Gasteiger partial charge in [0.05, 0.1) is 22.9 Å². The minimum absolute atomic E-state index is 0.0285. The lowest BCUT2D eigenvalue weighted by Gasteiger charge is -2.16. The molecule has 4 rings (SSSR count). The molecule has 4 aromatic rings. The van der Waals surface area contributed by atoms with Crippen molar-refractivity contribution in [3.63, 3.8) is 0 Å². The van der Waals surface area contributed by atoms with Gasteiger partial charge in [-0.2, -0.15) is 13.2 Å². The number of aromatic nitrogens is 3. The highest BCUT2D eigenvalue weighted by atomic mass is 35.5. The zero-order valence-corrected chi connectivity index (χ0v) is 19.5. The van der Waals surface area contributed by atoms with Crippen LogP contribution in [0.5, 0.6) is 5.75 Å². The molecule has 0 saturated carbocycles. The topological polar surface area (TPSA) is 81.1 Å². The van der Waals surface area contributed by atoms with Crippen LogP contribution in [0.4, 0.5) is 18.9 Å². The summed E-state index contributed by atoms with van der Waals surface area (Å²) in [5.41, 5.74) is 6.55.